The Labute approximate surface area is 181 Å². The fourth-order valence-corrected chi connectivity index (χ4v) is 4.06. The molecule has 7 nitrogen and oxygen atoms in total. The molecule has 1 aliphatic heterocycles. The van der Waals surface area contributed by atoms with E-state index in [-0.39, 0.29) is 23.9 Å². The predicted molar refractivity (Wildman–Crippen MR) is 117 cm³/mol. The summed E-state index contributed by atoms with van der Waals surface area (Å²) in [5, 5.41) is 10.2. The zero-order chi connectivity index (χ0) is 21.6. The number of aromatic nitrogens is 3. The SMILES string of the molecule is Cc1nc([C@@H]2C[C@H](NC(=O)c3ccccc3)CN2C(=O)CCCc2ccccc2)n[nH]1. The van der Waals surface area contributed by atoms with Gasteiger partial charge in [-0.25, -0.2) is 4.98 Å². The Bertz CT molecular complexity index is 1020. The quantitative estimate of drug-likeness (QED) is 0.618. The van der Waals surface area contributed by atoms with Crippen LogP contribution in [0.15, 0.2) is 60.7 Å². The van der Waals surface area contributed by atoms with Crippen molar-refractivity contribution in [2.24, 2.45) is 0 Å². The number of amides is 2. The molecule has 0 saturated carbocycles. The molecule has 2 N–H and O–H groups in total. The summed E-state index contributed by atoms with van der Waals surface area (Å²) in [7, 11) is 0. The minimum Gasteiger partial charge on any atom is -0.347 e. The summed E-state index contributed by atoms with van der Waals surface area (Å²) in [4.78, 5) is 32.0. The molecule has 1 fully saturated rings. The first kappa shape index (κ1) is 20.8. The summed E-state index contributed by atoms with van der Waals surface area (Å²) in [6.45, 7) is 2.30. The third kappa shape index (κ3) is 5.17. The van der Waals surface area contributed by atoms with Crippen molar-refractivity contribution in [2.75, 3.05) is 6.54 Å². The van der Waals surface area contributed by atoms with E-state index in [1.807, 2.05) is 48.2 Å². The Morgan fingerprint density at radius 1 is 1.10 bits per heavy atom. The Morgan fingerprint density at radius 2 is 1.81 bits per heavy atom. The lowest BCUT2D eigenvalue weighted by Gasteiger charge is -2.22. The van der Waals surface area contributed by atoms with Gasteiger partial charge in [-0.3, -0.25) is 14.7 Å². The fraction of sp³-hybridized carbons (Fsp3) is 0.333. The lowest BCUT2D eigenvalue weighted by atomic mass is 10.1. The van der Waals surface area contributed by atoms with Gasteiger partial charge in [-0.15, -0.1) is 0 Å². The molecule has 31 heavy (non-hydrogen) atoms. The molecule has 0 unspecified atom stereocenters. The number of likely N-dealkylation sites (tertiary alicyclic amines) is 1. The van der Waals surface area contributed by atoms with Gasteiger partial charge in [-0.05, 0) is 43.9 Å². The highest BCUT2D eigenvalue weighted by Gasteiger charge is 2.38. The van der Waals surface area contributed by atoms with E-state index in [1.54, 1.807) is 12.1 Å². The van der Waals surface area contributed by atoms with Gasteiger partial charge in [-0.1, -0.05) is 48.5 Å². The minimum absolute atomic E-state index is 0.0693. The Kier molecular flexibility index (Phi) is 6.40. The van der Waals surface area contributed by atoms with Crippen molar-refractivity contribution in [2.45, 2.75) is 44.7 Å². The maximum absolute atomic E-state index is 13.1. The van der Waals surface area contributed by atoms with Crippen LogP contribution < -0.4 is 5.32 Å². The highest BCUT2D eigenvalue weighted by molar-refractivity contribution is 5.94. The molecule has 1 aliphatic rings. The van der Waals surface area contributed by atoms with Gasteiger partial charge in [0.15, 0.2) is 5.82 Å². The normalized spacial score (nSPS) is 18.2. The number of H-pyrrole nitrogens is 1. The number of rotatable bonds is 7. The molecule has 2 aromatic carbocycles. The minimum atomic E-state index is -0.241. The molecule has 0 aliphatic carbocycles. The summed E-state index contributed by atoms with van der Waals surface area (Å²) >= 11 is 0. The van der Waals surface area contributed by atoms with Crippen LogP contribution in [0, 0.1) is 6.92 Å². The van der Waals surface area contributed by atoms with E-state index >= 15 is 0 Å². The largest absolute Gasteiger partial charge is 0.347 e. The van der Waals surface area contributed by atoms with E-state index in [2.05, 4.69) is 32.6 Å². The highest BCUT2D eigenvalue weighted by atomic mass is 16.2. The Hall–Kier alpha value is -3.48. The maximum Gasteiger partial charge on any atom is 0.251 e. The van der Waals surface area contributed by atoms with Crippen LogP contribution in [0.5, 0.6) is 0 Å². The maximum atomic E-state index is 13.1. The number of nitrogens with one attached hydrogen (secondary N) is 2. The van der Waals surface area contributed by atoms with E-state index in [1.165, 1.54) is 5.56 Å². The summed E-state index contributed by atoms with van der Waals surface area (Å²) in [6.07, 6.45) is 2.69. The molecular weight excluding hydrogens is 390 g/mol. The first-order chi connectivity index (χ1) is 15.1. The highest BCUT2D eigenvalue weighted by Crippen LogP contribution is 2.31. The van der Waals surface area contributed by atoms with Crippen molar-refractivity contribution in [1.82, 2.24) is 25.4 Å². The van der Waals surface area contributed by atoms with Gasteiger partial charge in [0.25, 0.3) is 5.91 Å². The number of aromatic amines is 1. The molecule has 1 aromatic heterocycles. The number of aryl methyl sites for hydroxylation is 2. The second kappa shape index (κ2) is 9.55. The van der Waals surface area contributed by atoms with Crippen LogP contribution in [0.25, 0.3) is 0 Å². The zero-order valence-electron chi connectivity index (χ0n) is 17.6. The molecule has 0 spiro atoms. The standard InChI is InChI=1S/C24H27N5O2/c1-17-25-23(28-27-17)21-15-20(26-24(31)19-12-6-3-7-13-19)16-29(21)22(30)14-8-11-18-9-4-2-5-10-18/h2-7,9-10,12-13,20-21H,8,11,14-16H2,1H3,(H,26,31)(H,25,27,28)/t20-,21-/m0/s1. The third-order valence-electron chi connectivity index (χ3n) is 5.60. The summed E-state index contributed by atoms with van der Waals surface area (Å²) < 4.78 is 0. The average Bonchev–Trinajstić information content (AvgIpc) is 3.41. The van der Waals surface area contributed by atoms with Crippen LogP contribution in [-0.4, -0.2) is 44.5 Å². The van der Waals surface area contributed by atoms with E-state index in [9.17, 15) is 9.59 Å². The third-order valence-corrected chi connectivity index (χ3v) is 5.60. The first-order valence-corrected chi connectivity index (χ1v) is 10.7. The van der Waals surface area contributed by atoms with E-state index in [0.717, 1.165) is 12.8 Å². The molecule has 3 aromatic rings. The smallest absolute Gasteiger partial charge is 0.251 e. The Balaban J connectivity index is 1.42. The van der Waals surface area contributed by atoms with Crippen LogP contribution in [0.2, 0.25) is 0 Å². The van der Waals surface area contributed by atoms with Gasteiger partial charge < -0.3 is 10.2 Å². The molecule has 1 saturated heterocycles. The number of hydrogen-bond acceptors (Lipinski definition) is 4. The van der Waals surface area contributed by atoms with Crippen molar-refractivity contribution < 1.29 is 9.59 Å². The second-order valence-corrected chi connectivity index (χ2v) is 7.95. The number of carbonyl (C=O) groups excluding carboxylic acids is 2. The van der Waals surface area contributed by atoms with Crippen LogP contribution in [0.3, 0.4) is 0 Å². The van der Waals surface area contributed by atoms with E-state index in [4.69, 9.17) is 0 Å². The van der Waals surface area contributed by atoms with E-state index in [0.29, 0.717) is 36.6 Å². The van der Waals surface area contributed by atoms with Gasteiger partial charge in [0, 0.05) is 24.6 Å². The molecular formula is C24H27N5O2. The van der Waals surface area contributed by atoms with Gasteiger partial charge in [0.05, 0.1) is 6.04 Å². The second-order valence-electron chi connectivity index (χ2n) is 7.95. The van der Waals surface area contributed by atoms with Crippen LogP contribution in [0.1, 0.15) is 52.9 Å². The van der Waals surface area contributed by atoms with Crippen LogP contribution in [0.4, 0.5) is 0 Å². The summed E-state index contributed by atoms with van der Waals surface area (Å²) in [5.74, 6) is 1.25. The molecule has 7 heteroatoms. The van der Waals surface area contributed by atoms with E-state index < -0.39 is 0 Å². The predicted octanol–water partition coefficient (Wildman–Crippen LogP) is 3.21. The molecule has 2 amide bonds. The lowest BCUT2D eigenvalue weighted by Crippen LogP contribution is -2.38. The number of benzene rings is 2. The fourth-order valence-electron chi connectivity index (χ4n) is 4.06. The molecule has 4 rings (SSSR count). The van der Waals surface area contributed by atoms with Crippen molar-refractivity contribution in [1.29, 1.82) is 0 Å². The first-order valence-electron chi connectivity index (χ1n) is 10.7. The molecule has 0 bridgehead atoms. The van der Waals surface area contributed by atoms with Crippen molar-refractivity contribution in [3.05, 3.63) is 83.4 Å². The van der Waals surface area contributed by atoms with Gasteiger partial charge in [0.1, 0.15) is 5.82 Å². The molecule has 160 valence electrons. The number of hydrogen-bond donors (Lipinski definition) is 2. The van der Waals surface area contributed by atoms with Gasteiger partial charge in [0.2, 0.25) is 5.91 Å². The average molecular weight is 418 g/mol. The van der Waals surface area contributed by atoms with Crippen molar-refractivity contribution >= 4 is 11.8 Å². The zero-order valence-corrected chi connectivity index (χ0v) is 17.6. The summed E-state index contributed by atoms with van der Waals surface area (Å²) in [6, 6.07) is 18.9. The monoisotopic (exact) mass is 417 g/mol. The Morgan fingerprint density at radius 3 is 2.48 bits per heavy atom. The van der Waals surface area contributed by atoms with Gasteiger partial charge >= 0.3 is 0 Å². The number of carbonyl (C=O) groups is 2. The van der Waals surface area contributed by atoms with Crippen molar-refractivity contribution in [3.8, 4) is 0 Å². The van der Waals surface area contributed by atoms with Crippen LogP contribution >= 0.6 is 0 Å². The lowest BCUT2D eigenvalue weighted by molar-refractivity contribution is -0.132. The molecule has 2 heterocycles. The summed E-state index contributed by atoms with van der Waals surface area (Å²) in [5.41, 5.74) is 1.84. The topological polar surface area (TPSA) is 91.0 Å². The van der Waals surface area contributed by atoms with Crippen LogP contribution in [-0.2, 0) is 11.2 Å². The number of nitrogens with zero attached hydrogens (tertiary/aromatic N) is 3. The molecule has 0 radical (unpaired) electrons. The molecule has 2 atom stereocenters. The van der Waals surface area contributed by atoms with Gasteiger partial charge in [-0.2, -0.15) is 5.10 Å². The van der Waals surface area contributed by atoms with Crippen molar-refractivity contribution in [3.63, 3.8) is 0 Å².